The Bertz CT molecular complexity index is 603. The molecule has 0 aliphatic rings. The summed E-state index contributed by atoms with van der Waals surface area (Å²) in [5.41, 5.74) is 2.95. The van der Waals surface area contributed by atoms with Crippen LogP contribution in [0.2, 0.25) is 0 Å². The van der Waals surface area contributed by atoms with E-state index < -0.39 is 6.10 Å². The quantitative estimate of drug-likeness (QED) is 0.889. The van der Waals surface area contributed by atoms with Gasteiger partial charge in [-0.15, -0.1) is 0 Å². The molecule has 1 unspecified atom stereocenters. The molecule has 2 rings (SSSR count). The van der Waals surface area contributed by atoms with Crippen LogP contribution >= 0.6 is 0 Å². The Morgan fingerprint density at radius 2 is 2.00 bits per heavy atom. The molecule has 0 radical (unpaired) electrons. The molecule has 1 aromatic carbocycles. The summed E-state index contributed by atoms with van der Waals surface area (Å²) in [4.78, 5) is 12.2. The summed E-state index contributed by atoms with van der Waals surface area (Å²) in [6, 6.07) is 9.68. The van der Waals surface area contributed by atoms with Gasteiger partial charge in [-0.2, -0.15) is 5.10 Å². The standard InChI is InChI=1S/C15H19N3O2/c1-10(19)9-16-15(20)14-11(2)17-18(12(14)3)13-7-5-4-6-8-13/h4-8,10,19H,9H2,1-3H3,(H,16,20). The minimum absolute atomic E-state index is 0.205. The summed E-state index contributed by atoms with van der Waals surface area (Å²) in [7, 11) is 0. The molecular weight excluding hydrogens is 254 g/mol. The Morgan fingerprint density at radius 1 is 1.35 bits per heavy atom. The smallest absolute Gasteiger partial charge is 0.255 e. The molecule has 106 valence electrons. The normalized spacial score (nSPS) is 12.2. The maximum Gasteiger partial charge on any atom is 0.255 e. The number of aliphatic hydroxyl groups excluding tert-OH is 1. The Labute approximate surface area is 118 Å². The molecule has 5 heteroatoms. The molecule has 0 saturated heterocycles. The third-order valence-corrected chi connectivity index (χ3v) is 3.08. The lowest BCUT2D eigenvalue weighted by Gasteiger charge is -2.08. The highest BCUT2D eigenvalue weighted by Crippen LogP contribution is 2.17. The molecule has 0 spiro atoms. The van der Waals surface area contributed by atoms with Gasteiger partial charge in [0, 0.05) is 6.54 Å². The molecule has 0 saturated carbocycles. The second kappa shape index (κ2) is 5.88. The zero-order chi connectivity index (χ0) is 14.7. The van der Waals surface area contributed by atoms with Crippen molar-refractivity contribution in [2.75, 3.05) is 6.54 Å². The van der Waals surface area contributed by atoms with Crippen LogP contribution in [0.4, 0.5) is 0 Å². The molecule has 1 amide bonds. The van der Waals surface area contributed by atoms with Gasteiger partial charge in [0.1, 0.15) is 0 Å². The van der Waals surface area contributed by atoms with Crippen LogP contribution < -0.4 is 5.32 Å². The van der Waals surface area contributed by atoms with Gasteiger partial charge >= 0.3 is 0 Å². The number of hydrogen-bond acceptors (Lipinski definition) is 3. The lowest BCUT2D eigenvalue weighted by atomic mass is 10.2. The number of nitrogens with one attached hydrogen (secondary N) is 1. The molecule has 0 fully saturated rings. The van der Waals surface area contributed by atoms with E-state index in [0.717, 1.165) is 11.4 Å². The van der Waals surface area contributed by atoms with Crippen molar-refractivity contribution in [3.63, 3.8) is 0 Å². The average molecular weight is 273 g/mol. The fraction of sp³-hybridized carbons (Fsp3) is 0.333. The predicted molar refractivity (Wildman–Crippen MR) is 77.1 cm³/mol. The molecule has 2 N–H and O–H groups in total. The predicted octanol–water partition coefficient (Wildman–Crippen LogP) is 1.60. The highest BCUT2D eigenvalue weighted by Gasteiger charge is 2.19. The van der Waals surface area contributed by atoms with Crippen molar-refractivity contribution in [3.8, 4) is 5.69 Å². The van der Waals surface area contributed by atoms with Crippen molar-refractivity contribution < 1.29 is 9.90 Å². The first-order chi connectivity index (χ1) is 9.50. The van der Waals surface area contributed by atoms with Gasteiger partial charge in [-0.1, -0.05) is 18.2 Å². The zero-order valence-corrected chi connectivity index (χ0v) is 11.9. The van der Waals surface area contributed by atoms with Crippen molar-refractivity contribution in [3.05, 3.63) is 47.3 Å². The molecule has 1 aromatic heterocycles. The first kappa shape index (κ1) is 14.3. The summed E-state index contributed by atoms with van der Waals surface area (Å²) in [6.07, 6.45) is -0.566. The van der Waals surface area contributed by atoms with Gasteiger partial charge < -0.3 is 10.4 Å². The average Bonchev–Trinajstić information content (AvgIpc) is 2.72. The van der Waals surface area contributed by atoms with E-state index in [9.17, 15) is 9.90 Å². The molecule has 0 aliphatic heterocycles. The number of hydrogen-bond donors (Lipinski definition) is 2. The fourth-order valence-corrected chi connectivity index (χ4v) is 2.12. The number of carbonyl (C=O) groups excluding carboxylic acids is 1. The van der Waals surface area contributed by atoms with Gasteiger partial charge in [-0.05, 0) is 32.9 Å². The van der Waals surface area contributed by atoms with Crippen LogP contribution in [0.1, 0.15) is 28.7 Å². The summed E-state index contributed by atoms with van der Waals surface area (Å²) >= 11 is 0. The van der Waals surface area contributed by atoms with Crippen molar-refractivity contribution in [1.82, 2.24) is 15.1 Å². The minimum Gasteiger partial charge on any atom is -0.392 e. The van der Waals surface area contributed by atoms with Crippen LogP contribution in [-0.4, -0.2) is 33.4 Å². The minimum atomic E-state index is -0.566. The molecule has 0 bridgehead atoms. The number of aryl methyl sites for hydroxylation is 1. The van der Waals surface area contributed by atoms with Crippen molar-refractivity contribution in [1.29, 1.82) is 0 Å². The number of carbonyl (C=O) groups is 1. The maximum absolute atomic E-state index is 12.2. The zero-order valence-electron chi connectivity index (χ0n) is 11.9. The summed E-state index contributed by atoms with van der Waals surface area (Å²) in [5.74, 6) is -0.205. The third-order valence-electron chi connectivity index (χ3n) is 3.08. The Balaban J connectivity index is 2.32. The maximum atomic E-state index is 12.2. The number of rotatable bonds is 4. The molecule has 1 atom stereocenters. The number of benzene rings is 1. The van der Waals surface area contributed by atoms with Gasteiger partial charge in [-0.3, -0.25) is 4.79 Å². The van der Waals surface area contributed by atoms with E-state index in [4.69, 9.17) is 0 Å². The van der Waals surface area contributed by atoms with Gasteiger partial charge in [0.2, 0.25) is 0 Å². The van der Waals surface area contributed by atoms with Gasteiger partial charge in [0.05, 0.1) is 28.7 Å². The Morgan fingerprint density at radius 3 is 2.60 bits per heavy atom. The summed E-state index contributed by atoms with van der Waals surface area (Å²) < 4.78 is 1.76. The van der Waals surface area contributed by atoms with Crippen LogP contribution in [0.15, 0.2) is 30.3 Å². The fourth-order valence-electron chi connectivity index (χ4n) is 2.12. The van der Waals surface area contributed by atoms with Crippen LogP contribution in [0.25, 0.3) is 5.69 Å². The first-order valence-electron chi connectivity index (χ1n) is 6.58. The molecule has 1 heterocycles. The Hall–Kier alpha value is -2.14. The highest BCUT2D eigenvalue weighted by atomic mass is 16.3. The third kappa shape index (κ3) is 2.88. The second-order valence-electron chi connectivity index (χ2n) is 4.85. The summed E-state index contributed by atoms with van der Waals surface area (Å²) in [5, 5.41) is 16.4. The van der Waals surface area contributed by atoms with E-state index in [0.29, 0.717) is 11.3 Å². The molecular formula is C15H19N3O2. The Kier molecular flexibility index (Phi) is 4.20. The monoisotopic (exact) mass is 273 g/mol. The number of aromatic nitrogens is 2. The van der Waals surface area contributed by atoms with Crippen LogP contribution in [-0.2, 0) is 0 Å². The largest absolute Gasteiger partial charge is 0.392 e. The van der Waals surface area contributed by atoms with Crippen LogP contribution in [0.3, 0.4) is 0 Å². The second-order valence-corrected chi connectivity index (χ2v) is 4.85. The van der Waals surface area contributed by atoms with Crippen LogP contribution in [0.5, 0.6) is 0 Å². The number of amides is 1. The molecule has 5 nitrogen and oxygen atoms in total. The van der Waals surface area contributed by atoms with E-state index >= 15 is 0 Å². The first-order valence-corrected chi connectivity index (χ1v) is 6.58. The van der Waals surface area contributed by atoms with Gasteiger partial charge in [-0.25, -0.2) is 4.68 Å². The van der Waals surface area contributed by atoms with Crippen molar-refractivity contribution >= 4 is 5.91 Å². The van der Waals surface area contributed by atoms with E-state index in [1.165, 1.54) is 0 Å². The van der Waals surface area contributed by atoms with E-state index in [-0.39, 0.29) is 12.5 Å². The van der Waals surface area contributed by atoms with E-state index in [1.54, 1.807) is 11.6 Å². The summed E-state index contributed by atoms with van der Waals surface area (Å²) in [6.45, 7) is 5.54. The molecule has 2 aromatic rings. The van der Waals surface area contributed by atoms with Gasteiger partial charge in [0.25, 0.3) is 5.91 Å². The van der Waals surface area contributed by atoms with Crippen molar-refractivity contribution in [2.45, 2.75) is 26.9 Å². The van der Waals surface area contributed by atoms with Crippen LogP contribution in [0, 0.1) is 13.8 Å². The SMILES string of the molecule is Cc1nn(-c2ccccc2)c(C)c1C(=O)NCC(C)O. The number of nitrogens with zero attached hydrogens (tertiary/aromatic N) is 2. The topological polar surface area (TPSA) is 67.2 Å². The lowest BCUT2D eigenvalue weighted by Crippen LogP contribution is -2.31. The van der Waals surface area contributed by atoms with E-state index in [2.05, 4.69) is 10.4 Å². The number of aliphatic hydroxyl groups is 1. The molecule has 0 aliphatic carbocycles. The highest BCUT2D eigenvalue weighted by molar-refractivity contribution is 5.96. The van der Waals surface area contributed by atoms with Gasteiger partial charge in [0.15, 0.2) is 0 Å². The number of para-hydroxylation sites is 1. The molecule has 20 heavy (non-hydrogen) atoms. The lowest BCUT2D eigenvalue weighted by molar-refractivity contribution is 0.0923. The van der Waals surface area contributed by atoms with E-state index in [1.807, 2.05) is 44.2 Å². The van der Waals surface area contributed by atoms with Crippen molar-refractivity contribution in [2.24, 2.45) is 0 Å².